The molecule has 0 bridgehead atoms. The first kappa shape index (κ1) is 96.8. The van der Waals surface area contributed by atoms with E-state index in [0.717, 1.165) is 126 Å². The Kier molecular flexibility index (Phi) is 32.1. The summed E-state index contributed by atoms with van der Waals surface area (Å²) in [7, 11) is 0. The highest BCUT2D eigenvalue weighted by molar-refractivity contribution is 7.99. The van der Waals surface area contributed by atoms with Crippen LogP contribution in [0.5, 0.6) is 0 Å². The number of nitro benzene ring substituents is 2. The fourth-order valence-electron chi connectivity index (χ4n) is 15.4. The Hall–Kier alpha value is -14.7. The monoisotopic (exact) mass is 1850 g/mol. The van der Waals surface area contributed by atoms with Gasteiger partial charge in [0, 0.05) is 145 Å². The average Bonchev–Trinajstić information content (AvgIpc) is 1.35. The lowest BCUT2D eigenvalue weighted by Gasteiger charge is -2.29. The number of thioether (sulfide) groups is 1. The van der Waals surface area contributed by atoms with Crippen molar-refractivity contribution in [2.24, 2.45) is 0 Å². The van der Waals surface area contributed by atoms with Gasteiger partial charge in [-0.25, -0.2) is 18.7 Å². The van der Waals surface area contributed by atoms with E-state index in [0.29, 0.717) is 64.1 Å². The van der Waals surface area contributed by atoms with Crippen LogP contribution in [0.1, 0.15) is 188 Å². The smallest absolute Gasteiger partial charge is 0.306 e. The Morgan fingerprint density at radius 1 is 0.396 bits per heavy atom. The van der Waals surface area contributed by atoms with Gasteiger partial charge in [0.2, 0.25) is 0 Å². The normalized spacial score (nSPS) is 13.0. The zero-order valence-electron chi connectivity index (χ0n) is 77.2. The number of esters is 1. The predicted octanol–water partition coefficient (Wildman–Crippen LogP) is 21.5. The largest absolute Gasteiger partial charge is 0.460 e. The molecule has 7 N–H and O–H groups in total. The van der Waals surface area contributed by atoms with Crippen molar-refractivity contribution in [1.29, 1.82) is 0 Å². The number of hydrogen-bond acceptors (Lipinski definition) is 20. The van der Waals surface area contributed by atoms with Gasteiger partial charge in [-0.15, -0.1) is 11.8 Å². The Morgan fingerprint density at radius 3 is 1.14 bits per heavy atom. The minimum Gasteiger partial charge on any atom is -0.460 e. The van der Waals surface area contributed by atoms with Crippen LogP contribution in [-0.2, 0) is 9.53 Å². The number of amides is 5. The first-order chi connectivity index (χ1) is 64.2. The molecule has 0 saturated carbocycles. The molecule has 3 fully saturated rings. The van der Waals surface area contributed by atoms with Gasteiger partial charge >= 0.3 is 5.97 Å². The average molecular weight is 1850 g/mol. The second-order valence-electron chi connectivity index (χ2n) is 34.5. The lowest BCUT2D eigenvalue weighted by Crippen LogP contribution is -2.29. The number of nitro groups is 2. The van der Waals surface area contributed by atoms with Crippen molar-refractivity contribution >= 4 is 122 Å². The molecule has 3 aliphatic heterocycles. The molecule has 0 radical (unpaired) electrons. The summed E-state index contributed by atoms with van der Waals surface area (Å²) < 4.78 is 12.2. The molecule has 3 saturated heterocycles. The first-order valence-electron chi connectivity index (χ1n) is 44.8. The molecule has 13 aromatic rings. The van der Waals surface area contributed by atoms with Gasteiger partial charge < -0.3 is 51.8 Å². The number of hydrogen-bond donors (Lipinski definition) is 6. The van der Waals surface area contributed by atoms with Crippen molar-refractivity contribution in [2.45, 2.75) is 157 Å². The van der Waals surface area contributed by atoms with Gasteiger partial charge in [-0.05, 0) is 318 Å². The lowest BCUT2D eigenvalue weighted by atomic mass is 10.1. The van der Waals surface area contributed by atoms with Gasteiger partial charge in [0.25, 0.3) is 40.9 Å². The summed E-state index contributed by atoms with van der Waals surface area (Å²) in [5.41, 5.74) is 23.0. The van der Waals surface area contributed by atoms with Crippen LogP contribution in [0.2, 0.25) is 5.02 Å². The number of nitrogens with one attached hydrogen (secondary N) is 5. The third-order valence-corrected chi connectivity index (χ3v) is 24.7. The van der Waals surface area contributed by atoms with E-state index in [2.05, 4.69) is 108 Å². The van der Waals surface area contributed by atoms with Crippen LogP contribution >= 0.6 is 23.4 Å². The van der Waals surface area contributed by atoms with Crippen LogP contribution in [-0.4, -0.2) is 135 Å². The molecule has 0 atom stereocenters. The van der Waals surface area contributed by atoms with Crippen LogP contribution in [0.15, 0.2) is 224 Å². The van der Waals surface area contributed by atoms with E-state index < -0.39 is 27.3 Å². The van der Waals surface area contributed by atoms with Gasteiger partial charge in [-0.1, -0.05) is 41.9 Å². The van der Waals surface area contributed by atoms with E-state index in [-0.39, 0.29) is 57.0 Å². The van der Waals surface area contributed by atoms with Gasteiger partial charge in [-0.3, -0.25) is 49.0 Å². The van der Waals surface area contributed by atoms with Crippen LogP contribution in [0.3, 0.4) is 0 Å². The number of carbonyl (C=O) groups excluding carboxylic acids is 6. The molecule has 134 heavy (non-hydrogen) atoms. The number of nitrogens with two attached hydrogens (primary N) is 1. The number of anilines is 9. The zero-order chi connectivity index (χ0) is 95.4. The molecular formula is C102H112ClN19O11S. The van der Waals surface area contributed by atoms with Crippen LogP contribution in [0, 0.1) is 75.6 Å². The summed E-state index contributed by atoms with van der Waals surface area (Å²) in [5.74, 6) is -0.0843. The van der Waals surface area contributed by atoms with Crippen molar-refractivity contribution < 1.29 is 43.4 Å². The number of aromatic nitrogens is 8. The molecule has 16 rings (SSSR count). The molecule has 5 amide bonds. The number of piperidine rings is 3. The number of benzene rings is 9. The molecule has 32 heteroatoms. The molecule has 694 valence electrons. The summed E-state index contributed by atoms with van der Waals surface area (Å²) >= 11 is 7.44. The third-order valence-electron chi connectivity index (χ3n) is 23.4. The first-order valence-corrected chi connectivity index (χ1v) is 46.2. The molecule has 0 aliphatic carbocycles. The third kappa shape index (κ3) is 25.9. The van der Waals surface area contributed by atoms with E-state index in [9.17, 15) is 49.0 Å². The standard InChI is InChI=1S/C38H45N5O4S.C23H25N5O3.C23H27N5O.C18H15ClN4O3/c1-26-14-15-30(23-27(26)2)43-21-18-34(41-43)40-37(46)32-25-29(42-19-7-6-8-20-42)16-17-33(32)39-36(45)28-11-9-12-31(24-28)48-22-10-13-35(44)47-38(3,4)5;1-16-6-7-19(14-17(16)2)27-13-10-22(25-27)24-23(29)20-15-18(8-9-21(20)28(30)31)26-11-4-3-5-12-26;1-16-6-7-19(14-17(16)2)28-13-10-22(26-28)25-23(29)20-15-18(8-9-21(20)24)27-11-4-3-5-12-27;1-11-3-5-14(9-12(11)2)22-8-7-17(21-22)20-18(24)15-10-13(19)4-6-16(15)23(25)26/h9,11-12,14-18,21,23-25H,6-8,10,13,19-20,22H2,1-5H3,(H,39,45)(H,40,41,46);6-10,13-15H,3-5,11-12H2,1-2H3,(H,24,25,29);6-10,13-15H,3-5,11-12,24H2,1-2H3,(H,25,26,29);3-10H,1-2H3,(H,20,21,24). The van der Waals surface area contributed by atoms with E-state index >= 15 is 0 Å². The molecule has 7 heterocycles. The van der Waals surface area contributed by atoms with Crippen LogP contribution < -0.4 is 47.0 Å². The molecular weight excluding hydrogens is 1730 g/mol. The highest BCUT2D eigenvalue weighted by atomic mass is 35.5. The van der Waals surface area contributed by atoms with E-state index in [1.165, 1.54) is 84.2 Å². The second-order valence-corrected chi connectivity index (χ2v) is 36.1. The van der Waals surface area contributed by atoms with Gasteiger partial charge in [0.15, 0.2) is 23.3 Å². The minimum absolute atomic E-state index is 0.0359. The zero-order valence-corrected chi connectivity index (χ0v) is 78.8. The van der Waals surface area contributed by atoms with Gasteiger partial charge in [0.05, 0.1) is 49.4 Å². The number of aryl methyl sites for hydroxylation is 8. The fourth-order valence-corrected chi connectivity index (χ4v) is 16.5. The molecule has 4 aromatic heterocycles. The summed E-state index contributed by atoms with van der Waals surface area (Å²) in [4.78, 5) is 107. The van der Waals surface area contributed by atoms with Gasteiger partial charge in [0.1, 0.15) is 16.7 Å². The maximum absolute atomic E-state index is 13.8. The number of nitrogens with zero attached hydrogens (tertiary/aromatic N) is 13. The van der Waals surface area contributed by atoms with Crippen molar-refractivity contribution in [1.82, 2.24) is 39.1 Å². The molecule has 9 aromatic carbocycles. The number of ether oxygens (including phenoxy) is 1. The van der Waals surface area contributed by atoms with Crippen LogP contribution in [0.4, 0.5) is 63.1 Å². The molecule has 3 aliphatic rings. The van der Waals surface area contributed by atoms with Gasteiger partial charge in [-0.2, -0.15) is 20.4 Å². The number of halogens is 1. The maximum Gasteiger partial charge on any atom is 0.306 e. The van der Waals surface area contributed by atoms with E-state index in [4.69, 9.17) is 22.1 Å². The van der Waals surface area contributed by atoms with Crippen LogP contribution in [0.25, 0.3) is 22.7 Å². The van der Waals surface area contributed by atoms with E-state index in [1.807, 2.05) is 164 Å². The van der Waals surface area contributed by atoms with Crippen molar-refractivity contribution in [2.75, 3.05) is 92.0 Å². The topological polar surface area (TPSA) is 365 Å². The van der Waals surface area contributed by atoms with Crippen molar-refractivity contribution in [3.8, 4) is 22.7 Å². The Balaban J connectivity index is 0.000000156. The van der Waals surface area contributed by atoms with Crippen molar-refractivity contribution in [3.63, 3.8) is 0 Å². The SMILES string of the molecule is Cc1ccc(-n2ccc(NC(=O)c3cc(Cl)ccc3[N+](=O)[O-])n2)cc1C.Cc1ccc(-n2ccc(NC(=O)c3cc(N4CCCCC4)ccc3N)n2)cc1C.Cc1ccc(-n2ccc(NC(=O)c3cc(N4CCCCC4)ccc3NC(=O)c3cccc(SCCCC(=O)OC(C)(C)C)c3)n2)cc1C.Cc1ccc(-n2ccc(NC(=O)c3cc(N4CCCCC4)ccc3[N+](=O)[O-])n2)cc1C. The molecule has 30 nitrogen and oxygen atoms in total. The number of rotatable bonds is 24. The number of carbonyl (C=O) groups is 6. The summed E-state index contributed by atoms with van der Waals surface area (Å²) in [6.45, 7) is 27.6. The predicted molar refractivity (Wildman–Crippen MR) is 531 cm³/mol. The van der Waals surface area contributed by atoms with Crippen molar-refractivity contribution in [3.05, 3.63) is 316 Å². The van der Waals surface area contributed by atoms with E-state index in [1.54, 1.807) is 91.4 Å². The highest BCUT2D eigenvalue weighted by Gasteiger charge is 2.28. The Labute approximate surface area is 788 Å². The number of nitrogen functional groups attached to an aromatic ring is 1. The molecule has 0 spiro atoms. The Bertz CT molecular complexity index is 6470. The fraction of sp³-hybridized carbons (Fsp3) is 0.294. The quantitative estimate of drug-likeness (QED) is 0.00817. The second kappa shape index (κ2) is 44.5. The summed E-state index contributed by atoms with van der Waals surface area (Å²) in [5, 5.41) is 54.7. The summed E-state index contributed by atoms with van der Waals surface area (Å²) in [6, 6.07) is 58.2. The summed E-state index contributed by atoms with van der Waals surface area (Å²) in [6.07, 6.45) is 18.5. The minimum atomic E-state index is -0.649. The lowest BCUT2D eigenvalue weighted by molar-refractivity contribution is -0.385. The highest BCUT2D eigenvalue weighted by Crippen LogP contribution is 2.34. The maximum atomic E-state index is 13.8. The Morgan fingerprint density at radius 2 is 0.746 bits per heavy atom. The molecule has 0 unspecified atom stereocenters.